The van der Waals surface area contributed by atoms with Crippen LogP contribution in [0.25, 0.3) is 0 Å². The van der Waals surface area contributed by atoms with E-state index in [-0.39, 0.29) is 5.41 Å². The molecular formula is C10H14F3N3. The lowest BCUT2D eigenvalue weighted by Crippen LogP contribution is -2.28. The van der Waals surface area contributed by atoms with Gasteiger partial charge in [0.25, 0.3) is 0 Å². The maximum atomic E-state index is 12.5. The molecule has 0 bridgehead atoms. The molecule has 90 valence electrons. The maximum absolute atomic E-state index is 12.5. The summed E-state index contributed by atoms with van der Waals surface area (Å²) >= 11 is 0. The zero-order chi connectivity index (χ0) is 12.4. The summed E-state index contributed by atoms with van der Waals surface area (Å²) in [6, 6.07) is 1.05. The van der Waals surface area contributed by atoms with Crippen LogP contribution in [-0.2, 0) is 18.8 Å². The van der Waals surface area contributed by atoms with Gasteiger partial charge in [-0.15, -0.1) is 0 Å². The molecule has 1 aromatic heterocycles. The molecule has 0 radical (unpaired) electrons. The van der Waals surface area contributed by atoms with E-state index >= 15 is 0 Å². The van der Waals surface area contributed by atoms with Crippen LogP contribution in [-0.4, -0.2) is 9.78 Å². The largest absolute Gasteiger partial charge is 0.435 e. The first-order valence-electron chi connectivity index (χ1n) is 4.98. The van der Waals surface area contributed by atoms with Crippen molar-refractivity contribution in [3.8, 4) is 0 Å². The fourth-order valence-electron chi connectivity index (χ4n) is 2.11. The summed E-state index contributed by atoms with van der Waals surface area (Å²) in [4.78, 5) is 0. The second kappa shape index (κ2) is 2.80. The predicted octanol–water partition coefficient (Wildman–Crippen LogP) is 2.02. The van der Waals surface area contributed by atoms with Crippen LogP contribution < -0.4 is 5.73 Å². The van der Waals surface area contributed by atoms with E-state index in [2.05, 4.69) is 5.10 Å². The van der Waals surface area contributed by atoms with Gasteiger partial charge in [0.15, 0.2) is 5.69 Å². The molecule has 0 saturated heterocycles. The van der Waals surface area contributed by atoms with E-state index in [0.717, 1.165) is 6.07 Å². The predicted molar refractivity (Wildman–Crippen MR) is 52.5 cm³/mol. The number of hydrogen-bond donors (Lipinski definition) is 1. The maximum Gasteiger partial charge on any atom is 0.435 e. The molecule has 16 heavy (non-hydrogen) atoms. The number of halogens is 3. The normalized spacial score (nSPS) is 28.2. The first-order valence-corrected chi connectivity index (χ1v) is 4.98. The number of aromatic nitrogens is 2. The molecule has 1 heterocycles. The molecule has 1 fully saturated rings. The molecule has 1 aliphatic carbocycles. The van der Waals surface area contributed by atoms with Crippen LogP contribution in [0.5, 0.6) is 0 Å². The summed E-state index contributed by atoms with van der Waals surface area (Å²) in [5, 5.41) is 3.47. The van der Waals surface area contributed by atoms with Crippen molar-refractivity contribution in [1.82, 2.24) is 9.78 Å². The molecule has 3 nitrogen and oxygen atoms in total. The zero-order valence-electron chi connectivity index (χ0n) is 9.39. The lowest BCUT2D eigenvalue weighted by atomic mass is 10.0. The number of alkyl halides is 3. The van der Waals surface area contributed by atoms with Gasteiger partial charge in [0.2, 0.25) is 0 Å². The van der Waals surface area contributed by atoms with Gasteiger partial charge in [0.1, 0.15) is 0 Å². The average molecular weight is 233 g/mol. The van der Waals surface area contributed by atoms with Gasteiger partial charge in [-0.25, -0.2) is 0 Å². The Balaban J connectivity index is 2.42. The highest BCUT2D eigenvalue weighted by Crippen LogP contribution is 2.60. The fraction of sp³-hybridized carbons (Fsp3) is 0.700. The number of hydrogen-bond acceptors (Lipinski definition) is 2. The van der Waals surface area contributed by atoms with Crippen LogP contribution in [0.2, 0.25) is 0 Å². The molecule has 1 unspecified atom stereocenters. The van der Waals surface area contributed by atoms with Crippen molar-refractivity contribution < 1.29 is 13.2 Å². The van der Waals surface area contributed by atoms with E-state index in [1.54, 1.807) is 0 Å². The third kappa shape index (κ3) is 1.43. The molecule has 1 atom stereocenters. The van der Waals surface area contributed by atoms with Crippen molar-refractivity contribution in [2.75, 3.05) is 0 Å². The highest BCUT2D eigenvalue weighted by atomic mass is 19.4. The van der Waals surface area contributed by atoms with Crippen molar-refractivity contribution in [1.29, 1.82) is 0 Å². The first-order chi connectivity index (χ1) is 7.08. The van der Waals surface area contributed by atoms with Crippen LogP contribution in [0, 0.1) is 5.41 Å². The minimum absolute atomic E-state index is 0.163. The van der Waals surface area contributed by atoms with E-state index in [9.17, 15) is 13.2 Å². The Labute approximate surface area is 91.4 Å². The van der Waals surface area contributed by atoms with Gasteiger partial charge in [-0.3, -0.25) is 4.68 Å². The molecule has 2 N–H and O–H groups in total. The Morgan fingerprint density at radius 3 is 2.25 bits per heavy atom. The third-order valence-electron chi connectivity index (χ3n) is 3.43. The molecule has 0 aromatic carbocycles. The fourth-order valence-corrected chi connectivity index (χ4v) is 2.11. The van der Waals surface area contributed by atoms with Gasteiger partial charge in [-0.1, -0.05) is 13.8 Å². The number of aryl methyl sites for hydroxylation is 1. The van der Waals surface area contributed by atoms with E-state index < -0.39 is 17.4 Å². The highest BCUT2D eigenvalue weighted by molar-refractivity contribution is 5.32. The first kappa shape index (κ1) is 11.4. The summed E-state index contributed by atoms with van der Waals surface area (Å²) in [5.41, 5.74) is 4.80. The summed E-state index contributed by atoms with van der Waals surface area (Å²) in [7, 11) is 1.49. The Kier molecular flexibility index (Phi) is 2.00. The molecule has 6 heteroatoms. The molecule has 1 saturated carbocycles. The molecular weight excluding hydrogens is 219 g/mol. The lowest BCUT2D eigenvalue weighted by molar-refractivity contribution is -0.141. The molecule has 2 rings (SSSR count). The van der Waals surface area contributed by atoms with Crippen molar-refractivity contribution in [2.24, 2.45) is 18.2 Å². The van der Waals surface area contributed by atoms with Crippen LogP contribution in [0.1, 0.15) is 31.7 Å². The SMILES string of the molecule is Cn1nc(C(F)(F)F)cc1C1(N)CC1(C)C. The average Bonchev–Trinajstić information content (AvgIpc) is 2.46. The molecule has 0 amide bonds. The van der Waals surface area contributed by atoms with E-state index in [1.807, 2.05) is 13.8 Å². The van der Waals surface area contributed by atoms with Crippen LogP contribution >= 0.6 is 0 Å². The Morgan fingerprint density at radius 2 is 1.94 bits per heavy atom. The van der Waals surface area contributed by atoms with E-state index in [1.165, 1.54) is 11.7 Å². The van der Waals surface area contributed by atoms with Gasteiger partial charge in [0.05, 0.1) is 11.2 Å². The number of rotatable bonds is 1. The van der Waals surface area contributed by atoms with Gasteiger partial charge in [-0.05, 0) is 17.9 Å². The van der Waals surface area contributed by atoms with Crippen molar-refractivity contribution in [3.05, 3.63) is 17.5 Å². The third-order valence-corrected chi connectivity index (χ3v) is 3.43. The standard InChI is InChI=1S/C10H14F3N3/c1-8(2)5-9(8,14)7-4-6(10(11,12)13)15-16(7)3/h4H,5,14H2,1-3H3. The van der Waals surface area contributed by atoms with Gasteiger partial charge < -0.3 is 5.73 Å². The van der Waals surface area contributed by atoms with Gasteiger partial charge >= 0.3 is 6.18 Å². The van der Waals surface area contributed by atoms with Gasteiger partial charge in [-0.2, -0.15) is 18.3 Å². The van der Waals surface area contributed by atoms with E-state index in [0.29, 0.717) is 12.1 Å². The summed E-state index contributed by atoms with van der Waals surface area (Å²) in [6.45, 7) is 3.88. The molecule has 1 aliphatic rings. The Hall–Kier alpha value is -1.04. The molecule has 0 aliphatic heterocycles. The minimum Gasteiger partial charge on any atom is -0.320 e. The summed E-state index contributed by atoms with van der Waals surface area (Å²) < 4.78 is 38.6. The monoisotopic (exact) mass is 233 g/mol. The smallest absolute Gasteiger partial charge is 0.320 e. The van der Waals surface area contributed by atoms with Crippen molar-refractivity contribution in [3.63, 3.8) is 0 Å². The van der Waals surface area contributed by atoms with Crippen molar-refractivity contribution >= 4 is 0 Å². The molecule has 0 spiro atoms. The second-order valence-electron chi connectivity index (χ2n) is 5.07. The van der Waals surface area contributed by atoms with Crippen LogP contribution in [0.4, 0.5) is 13.2 Å². The van der Waals surface area contributed by atoms with Crippen LogP contribution in [0.15, 0.2) is 6.07 Å². The number of nitrogens with two attached hydrogens (primary N) is 1. The summed E-state index contributed by atoms with van der Waals surface area (Å²) in [6.07, 6.45) is -3.73. The molecule has 1 aromatic rings. The zero-order valence-corrected chi connectivity index (χ0v) is 9.39. The Morgan fingerprint density at radius 1 is 1.44 bits per heavy atom. The summed E-state index contributed by atoms with van der Waals surface area (Å²) in [5.74, 6) is 0. The minimum atomic E-state index is -4.41. The number of nitrogens with zero attached hydrogens (tertiary/aromatic N) is 2. The quantitative estimate of drug-likeness (QED) is 0.806. The van der Waals surface area contributed by atoms with Gasteiger partial charge in [0, 0.05) is 7.05 Å². The van der Waals surface area contributed by atoms with Crippen molar-refractivity contribution in [2.45, 2.75) is 32.0 Å². The highest BCUT2D eigenvalue weighted by Gasteiger charge is 2.61. The van der Waals surface area contributed by atoms with E-state index in [4.69, 9.17) is 5.73 Å². The topological polar surface area (TPSA) is 43.8 Å². The van der Waals surface area contributed by atoms with Crippen LogP contribution in [0.3, 0.4) is 0 Å². The lowest BCUT2D eigenvalue weighted by Gasteiger charge is -2.14. The second-order valence-corrected chi connectivity index (χ2v) is 5.07. The Bertz CT molecular complexity index is 433.